The van der Waals surface area contributed by atoms with Crippen LogP contribution in [0.5, 0.6) is 0 Å². The topological polar surface area (TPSA) is 18.5 Å². The smallest absolute Gasteiger partial charge is 0.129 e. The van der Waals surface area contributed by atoms with Crippen LogP contribution in [0.2, 0.25) is 0 Å². The average Bonchev–Trinajstić information content (AvgIpc) is 2.24. The van der Waals surface area contributed by atoms with Crippen molar-refractivity contribution in [3.63, 3.8) is 0 Å². The van der Waals surface area contributed by atoms with E-state index in [0.717, 1.165) is 0 Å². The zero-order valence-electron chi connectivity index (χ0n) is 9.08. The van der Waals surface area contributed by atoms with Gasteiger partial charge in [-0.25, -0.2) is 4.39 Å². The zero-order chi connectivity index (χ0) is 11.6. The van der Waals surface area contributed by atoms with Crippen molar-refractivity contribution in [2.75, 3.05) is 17.6 Å². The summed E-state index contributed by atoms with van der Waals surface area (Å²) in [4.78, 5) is 0. The lowest BCUT2D eigenvalue weighted by molar-refractivity contribution is -0.183. The van der Waals surface area contributed by atoms with Gasteiger partial charge in [0.2, 0.25) is 0 Å². The Bertz CT molecular complexity index is 368. The maximum atomic E-state index is 13.7. The monoisotopic (exact) mass is 336 g/mol. The van der Waals surface area contributed by atoms with Crippen molar-refractivity contribution in [3.05, 3.63) is 35.6 Å². The van der Waals surface area contributed by atoms with Crippen molar-refractivity contribution in [2.24, 2.45) is 0 Å². The predicted octanol–water partition coefficient (Wildman–Crippen LogP) is 2.89. The first-order valence-electron chi connectivity index (χ1n) is 5.22. The first-order chi connectivity index (χ1) is 7.65. The number of ether oxygens (including phenoxy) is 2. The standard InChI is InChI=1S/C12H14FIO2/c1-12(8-14,16-9-6-15-7-9)10-4-2-3-5-11(10)13/h2-5,9H,6-8H2,1H3. The molecule has 4 heteroatoms. The van der Waals surface area contributed by atoms with Crippen molar-refractivity contribution < 1.29 is 13.9 Å². The fourth-order valence-electron chi connectivity index (χ4n) is 1.71. The Morgan fingerprint density at radius 3 is 2.69 bits per heavy atom. The van der Waals surface area contributed by atoms with Crippen LogP contribution < -0.4 is 0 Å². The summed E-state index contributed by atoms with van der Waals surface area (Å²) in [5.74, 6) is -0.207. The van der Waals surface area contributed by atoms with Crippen LogP contribution in [-0.2, 0) is 15.1 Å². The highest BCUT2D eigenvalue weighted by Crippen LogP contribution is 2.32. The van der Waals surface area contributed by atoms with Gasteiger partial charge in [-0.2, -0.15) is 0 Å². The summed E-state index contributed by atoms with van der Waals surface area (Å²) in [6.45, 7) is 3.15. The number of hydrogen-bond donors (Lipinski definition) is 0. The van der Waals surface area contributed by atoms with Crippen LogP contribution in [0.4, 0.5) is 4.39 Å². The maximum Gasteiger partial charge on any atom is 0.129 e. The predicted molar refractivity (Wildman–Crippen MR) is 68.3 cm³/mol. The molecule has 0 radical (unpaired) electrons. The van der Waals surface area contributed by atoms with E-state index in [1.807, 2.05) is 13.0 Å². The number of alkyl halides is 1. The molecule has 0 aromatic heterocycles. The van der Waals surface area contributed by atoms with E-state index in [4.69, 9.17) is 9.47 Å². The Labute approximate surface area is 108 Å². The second-order valence-corrected chi connectivity index (χ2v) is 4.88. The van der Waals surface area contributed by atoms with E-state index < -0.39 is 5.60 Å². The lowest BCUT2D eigenvalue weighted by Gasteiger charge is -2.37. The molecule has 1 aliphatic rings. The lowest BCUT2D eigenvalue weighted by Crippen LogP contribution is -2.43. The minimum atomic E-state index is -0.569. The zero-order valence-corrected chi connectivity index (χ0v) is 11.2. The van der Waals surface area contributed by atoms with Crippen LogP contribution in [-0.4, -0.2) is 23.7 Å². The second-order valence-electron chi connectivity index (χ2n) is 4.12. The molecule has 1 aliphatic heterocycles. The summed E-state index contributed by atoms with van der Waals surface area (Å²) >= 11 is 2.23. The molecule has 2 rings (SSSR count). The van der Waals surface area contributed by atoms with Gasteiger partial charge in [-0.1, -0.05) is 40.8 Å². The molecule has 1 aromatic rings. The van der Waals surface area contributed by atoms with Gasteiger partial charge < -0.3 is 9.47 Å². The van der Waals surface area contributed by atoms with Gasteiger partial charge in [0.15, 0.2) is 0 Å². The fourth-order valence-corrected chi connectivity index (χ4v) is 2.30. The molecule has 0 N–H and O–H groups in total. The van der Waals surface area contributed by atoms with Crippen molar-refractivity contribution in [3.8, 4) is 0 Å². The number of halogens is 2. The van der Waals surface area contributed by atoms with Gasteiger partial charge in [0.25, 0.3) is 0 Å². The van der Waals surface area contributed by atoms with Crippen LogP contribution >= 0.6 is 22.6 Å². The minimum Gasteiger partial charge on any atom is -0.376 e. The Hall–Kier alpha value is -0.200. The van der Waals surface area contributed by atoms with Crippen molar-refractivity contribution in [2.45, 2.75) is 18.6 Å². The Kier molecular flexibility index (Phi) is 3.81. The SMILES string of the molecule is CC(CI)(OC1COC1)c1ccccc1F. The summed E-state index contributed by atoms with van der Waals surface area (Å²) in [7, 11) is 0. The Balaban J connectivity index is 2.22. The molecule has 1 unspecified atom stereocenters. The van der Waals surface area contributed by atoms with E-state index in [2.05, 4.69) is 22.6 Å². The highest BCUT2D eigenvalue weighted by molar-refractivity contribution is 14.1. The number of hydrogen-bond acceptors (Lipinski definition) is 2. The Morgan fingerprint density at radius 2 is 2.19 bits per heavy atom. The van der Waals surface area contributed by atoms with E-state index in [0.29, 0.717) is 23.2 Å². The third kappa shape index (κ3) is 2.38. The van der Waals surface area contributed by atoms with E-state index in [9.17, 15) is 4.39 Å². The van der Waals surface area contributed by atoms with Gasteiger partial charge in [-0.3, -0.25) is 0 Å². The first-order valence-corrected chi connectivity index (χ1v) is 6.75. The average molecular weight is 336 g/mol. The summed E-state index contributed by atoms with van der Waals surface area (Å²) in [5.41, 5.74) is 0.0525. The van der Waals surface area contributed by atoms with Crippen LogP contribution in [0.25, 0.3) is 0 Å². The molecular formula is C12H14FIO2. The van der Waals surface area contributed by atoms with Crippen LogP contribution in [0.15, 0.2) is 24.3 Å². The molecule has 0 saturated carbocycles. The van der Waals surface area contributed by atoms with Crippen LogP contribution in [0, 0.1) is 5.82 Å². The van der Waals surface area contributed by atoms with E-state index >= 15 is 0 Å². The number of rotatable bonds is 4. The molecular weight excluding hydrogens is 322 g/mol. The van der Waals surface area contributed by atoms with Gasteiger partial charge in [-0.05, 0) is 13.0 Å². The molecule has 1 aromatic carbocycles. The normalized spacial score (nSPS) is 20.2. The molecule has 0 spiro atoms. The minimum absolute atomic E-state index is 0.0966. The molecule has 0 amide bonds. The molecule has 0 aliphatic carbocycles. The van der Waals surface area contributed by atoms with E-state index in [-0.39, 0.29) is 11.9 Å². The molecule has 1 heterocycles. The van der Waals surface area contributed by atoms with Gasteiger partial charge >= 0.3 is 0 Å². The van der Waals surface area contributed by atoms with Crippen LogP contribution in [0.1, 0.15) is 12.5 Å². The van der Waals surface area contributed by atoms with Gasteiger partial charge in [0, 0.05) is 9.99 Å². The van der Waals surface area contributed by atoms with Gasteiger partial charge in [0.1, 0.15) is 17.5 Å². The molecule has 1 fully saturated rings. The van der Waals surface area contributed by atoms with Crippen molar-refractivity contribution in [1.29, 1.82) is 0 Å². The van der Waals surface area contributed by atoms with Crippen LogP contribution in [0.3, 0.4) is 0 Å². The molecule has 1 atom stereocenters. The summed E-state index contributed by atoms with van der Waals surface area (Å²) in [6, 6.07) is 6.79. The highest BCUT2D eigenvalue weighted by atomic mass is 127. The molecule has 1 saturated heterocycles. The lowest BCUT2D eigenvalue weighted by atomic mass is 9.97. The first kappa shape index (κ1) is 12.3. The van der Waals surface area contributed by atoms with Gasteiger partial charge in [0.05, 0.1) is 13.2 Å². The third-order valence-corrected chi connectivity index (χ3v) is 4.19. The molecule has 2 nitrogen and oxygen atoms in total. The summed E-state index contributed by atoms with van der Waals surface area (Å²) in [5, 5.41) is 0. The molecule has 0 bridgehead atoms. The van der Waals surface area contributed by atoms with E-state index in [1.165, 1.54) is 6.07 Å². The number of benzene rings is 1. The molecule has 88 valence electrons. The highest BCUT2D eigenvalue weighted by Gasteiger charge is 2.34. The Morgan fingerprint density at radius 1 is 1.50 bits per heavy atom. The quantitative estimate of drug-likeness (QED) is 0.622. The summed E-state index contributed by atoms with van der Waals surface area (Å²) < 4.78 is 25.4. The van der Waals surface area contributed by atoms with Gasteiger partial charge in [-0.15, -0.1) is 0 Å². The second kappa shape index (κ2) is 4.98. The summed E-state index contributed by atoms with van der Waals surface area (Å²) in [6.07, 6.45) is 0.0966. The van der Waals surface area contributed by atoms with E-state index in [1.54, 1.807) is 12.1 Å². The van der Waals surface area contributed by atoms with Crippen molar-refractivity contribution in [1.82, 2.24) is 0 Å². The van der Waals surface area contributed by atoms with Crippen molar-refractivity contribution >= 4 is 22.6 Å². The fraction of sp³-hybridized carbons (Fsp3) is 0.500. The largest absolute Gasteiger partial charge is 0.376 e. The maximum absolute atomic E-state index is 13.7. The molecule has 16 heavy (non-hydrogen) atoms. The third-order valence-electron chi connectivity index (χ3n) is 2.73.